The van der Waals surface area contributed by atoms with Crippen LogP contribution >= 0.6 is 0 Å². The molecule has 31 heavy (non-hydrogen) atoms. The molecule has 0 aliphatic carbocycles. The number of benzene rings is 3. The molecule has 4 rings (SSSR count). The predicted molar refractivity (Wildman–Crippen MR) is 118 cm³/mol. The van der Waals surface area contributed by atoms with E-state index in [0.29, 0.717) is 34.2 Å². The molecule has 0 spiro atoms. The maximum Gasteiger partial charge on any atom is 0.323 e. The van der Waals surface area contributed by atoms with Crippen LogP contribution in [0.1, 0.15) is 10.5 Å². The molecule has 0 aliphatic rings. The normalized spacial score (nSPS) is 10.7. The Morgan fingerprint density at radius 2 is 1.55 bits per heavy atom. The third-order valence-corrected chi connectivity index (χ3v) is 4.95. The van der Waals surface area contributed by atoms with Crippen LogP contribution in [0.25, 0.3) is 22.0 Å². The number of rotatable bonds is 6. The first kappa shape index (κ1) is 20.1. The van der Waals surface area contributed by atoms with Gasteiger partial charge in [0.1, 0.15) is 5.69 Å². The van der Waals surface area contributed by atoms with Gasteiger partial charge in [0.2, 0.25) is 5.75 Å². The Hall–Kier alpha value is -4.20. The van der Waals surface area contributed by atoms with Gasteiger partial charge < -0.3 is 29.5 Å². The second kappa shape index (κ2) is 8.27. The number of hydrogen-bond donors (Lipinski definition) is 3. The van der Waals surface area contributed by atoms with Crippen molar-refractivity contribution in [2.75, 3.05) is 26.6 Å². The Morgan fingerprint density at radius 1 is 0.871 bits per heavy atom. The van der Waals surface area contributed by atoms with E-state index in [4.69, 9.17) is 14.2 Å². The average Bonchev–Trinajstić information content (AvgIpc) is 3.20. The van der Waals surface area contributed by atoms with Crippen molar-refractivity contribution in [3.63, 3.8) is 0 Å². The molecule has 8 heteroatoms. The first-order valence-corrected chi connectivity index (χ1v) is 9.47. The maximum atomic E-state index is 13.1. The van der Waals surface area contributed by atoms with Gasteiger partial charge in [-0.05, 0) is 23.6 Å². The molecule has 3 N–H and O–H groups in total. The zero-order valence-electron chi connectivity index (χ0n) is 17.2. The summed E-state index contributed by atoms with van der Waals surface area (Å²) in [4.78, 5) is 30.5. The van der Waals surface area contributed by atoms with Crippen LogP contribution < -0.4 is 25.2 Å². The largest absolute Gasteiger partial charge is 0.493 e. The number of carbonyl (C=O) groups excluding carboxylic acids is 1. The molecule has 0 aliphatic heterocycles. The maximum absolute atomic E-state index is 13.1. The summed E-state index contributed by atoms with van der Waals surface area (Å²) in [5, 5.41) is 4.78. The quantitative estimate of drug-likeness (QED) is 0.441. The highest BCUT2D eigenvalue weighted by atomic mass is 16.5. The van der Waals surface area contributed by atoms with Crippen LogP contribution in [0.15, 0.2) is 59.4 Å². The molecule has 0 saturated carbocycles. The first-order chi connectivity index (χ1) is 15.0. The summed E-state index contributed by atoms with van der Waals surface area (Å²) in [5.41, 5.74) is 1.05. The monoisotopic (exact) mass is 419 g/mol. The molecule has 0 unspecified atom stereocenters. The number of ether oxygens (including phenoxy) is 3. The van der Waals surface area contributed by atoms with Gasteiger partial charge in [-0.1, -0.05) is 36.4 Å². The van der Waals surface area contributed by atoms with E-state index in [0.717, 1.165) is 10.8 Å². The molecule has 1 aromatic heterocycles. The molecule has 3 aromatic carbocycles. The highest BCUT2D eigenvalue weighted by Crippen LogP contribution is 2.41. The SMILES string of the molecule is COc1cc(-c2[nH]c(=O)[nH]c2C(=O)Nc2cccc3ccccc23)cc(OC)c1OC. The summed E-state index contributed by atoms with van der Waals surface area (Å²) < 4.78 is 16.1. The zero-order chi connectivity index (χ0) is 22.0. The fourth-order valence-corrected chi connectivity index (χ4v) is 3.51. The van der Waals surface area contributed by atoms with Gasteiger partial charge in [0.15, 0.2) is 11.5 Å². The van der Waals surface area contributed by atoms with Crippen molar-refractivity contribution in [2.24, 2.45) is 0 Å². The van der Waals surface area contributed by atoms with Gasteiger partial charge in [0.25, 0.3) is 5.91 Å². The minimum absolute atomic E-state index is 0.0900. The van der Waals surface area contributed by atoms with E-state index < -0.39 is 11.6 Å². The van der Waals surface area contributed by atoms with Crippen molar-refractivity contribution in [2.45, 2.75) is 0 Å². The zero-order valence-corrected chi connectivity index (χ0v) is 17.2. The molecule has 0 atom stereocenters. The van der Waals surface area contributed by atoms with Gasteiger partial charge in [0, 0.05) is 16.6 Å². The topological polar surface area (TPSA) is 105 Å². The summed E-state index contributed by atoms with van der Waals surface area (Å²) in [7, 11) is 4.49. The van der Waals surface area contributed by atoms with E-state index in [2.05, 4.69) is 15.3 Å². The summed E-state index contributed by atoms with van der Waals surface area (Å²) >= 11 is 0. The van der Waals surface area contributed by atoms with Crippen LogP contribution in [0.4, 0.5) is 5.69 Å². The summed E-state index contributed by atoms with van der Waals surface area (Å²) in [6.45, 7) is 0. The van der Waals surface area contributed by atoms with Crippen LogP contribution in [-0.2, 0) is 0 Å². The third-order valence-electron chi connectivity index (χ3n) is 4.95. The Kier molecular flexibility index (Phi) is 5.36. The van der Waals surface area contributed by atoms with Gasteiger partial charge >= 0.3 is 5.69 Å². The van der Waals surface area contributed by atoms with Crippen LogP contribution in [0, 0.1) is 0 Å². The third kappa shape index (κ3) is 3.71. The molecule has 0 bridgehead atoms. The Labute approximate surface area is 177 Å². The highest BCUT2D eigenvalue weighted by molar-refractivity contribution is 6.10. The minimum atomic E-state index is -0.508. The Morgan fingerprint density at radius 3 is 2.23 bits per heavy atom. The van der Waals surface area contributed by atoms with Crippen molar-refractivity contribution < 1.29 is 19.0 Å². The summed E-state index contributed by atoms with van der Waals surface area (Å²) in [5.74, 6) is 0.755. The van der Waals surface area contributed by atoms with Gasteiger partial charge in [-0.25, -0.2) is 4.79 Å². The highest BCUT2D eigenvalue weighted by Gasteiger charge is 2.21. The van der Waals surface area contributed by atoms with Gasteiger partial charge in [-0.2, -0.15) is 0 Å². The molecule has 0 fully saturated rings. The van der Waals surface area contributed by atoms with Crippen LogP contribution in [-0.4, -0.2) is 37.2 Å². The van der Waals surface area contributed by atoms with Crippen molar-refractivity contribution in [3.05, 3.63) is 70.8 Å². The number of nitrogens with one attached hydrogen (secondary N) is 3. The van der Waals surface area contributed by atoms with Crippen molar-refractivity contribution in [3.8, 4) is 28.5 Å². The number of methoxy groups -OCH3 is 3. The summed E-state index contributed by atoms with van der Waals surface area (Å²) in [6, 6.07) is 16.7. The van der Waals surface area contributed by atoms with Crippen LogP contribution in [0.5, 0.6) is 17.2 Å². The van der Waals surface area contributed by atoms with Crippen molar-refractivity contribution in [1.82, 2.24) is 9.97 Å². The lowest BCUT2D eigenvalue weighted by Gasteiger charge is -2.14. The number of fused-ring (bicyclic) bond motifs is 1. The van der Waals surface area contributed by atoms with E-state index in [-0.39, 0.29) is 5.69 Å². The average molecular weight is 419 g/mol. The van der Waals surface area contributed by atoms with Gasteiger partial charge in [0.05, 0.1) is 27.0 Å². The standard InChI is InChI=1S/C23H21N3O5/c1-29-17-11-14(12-18(30-2)21(17)31-3)19-20(26-23(28)25-19)22(27)24-16-10-6-8-13-7-4-5-9-15(13)16/h4-12H,1-3H3,(H,24,27)(H2,25,26,28). The molecular formula is C23H21N3O5. The van der Waals surface area contributed by atoms with E-state index in [1.807, 2.05) is 42.5 Å². The second-order valence-corrected chi connectivity index (χ2v) is 6.72. The first-order valence-electron chi connectivity index (χ1n) is 9.47. The summed E-state index contributed by atoms with van der Waals surface area (Å²) in [6.07, 6.45) is 0. The number of imidazole rings is 1. The number of carbonyl (C=O) groups is 1. The lowest BCUT2D eigenvalue weighted by molar-refractivity contribution is 0.102. The molecule has 8 nitrogen and oxygen atoms in total. The van der Waals surface area contributed by atoms with E-state index in [9.17, 15) is 9.59 Å². The lowest BCUT2D eigenvalue weighted by Crippen LogP contribution is -2.15. The Bertz CT molecular complexity index is 1290. The van der Waals surface area contributed by atoms with E-state index in [1.165, 1.54) is 21.3 Å². The van der Waals surface area contributed by atoms with E-state index >= 15 is 0 Å². The minimum Gasteiger partial charge on any atom is -0.493 e. The molecular weight excluding hydrogens is 398 g/mol. The number of aromatic amines is 2. The number of aromatic nitrogens is 2. The molecule has 0 radical (unpaired) electrons. The molecule has 4 aromatic rings. The second-order valence-electron chi connectivity index (χ2n) is 6.72. The number of H-pyrrole nitrogens is 2. The van der Waals surface area contributed by atoms with Crippen LogP contribution in [0.3, 0.4) is 0 Å². The van der Waals surface area contributed by atoms with Crippen molar-refractivity contribution >= 4 is 22.4 Å². The molecule has 1 heterocycles. The fraction of sp³-hybridized carbons (Fsp3) is 0.130. The van der Waals surface area contributed by atoms with Gasteiger partial charge in [-0.15, -0.1) is 0 Å². The van der Waals surface area contributed by atoms with Gasteiger partial charge in [-0.3, -0.25) is 4.79 Å². The molecule has 0 saturated heterocycles. The lowest BCUT2D eigenvalue weighted by atomic mass is 10.1. The molecule has 1 amide bonds. The van der Waals surface area contributed by atoms with Crippen molar-refractivity contribution in [1.29, 1.82) is 0 Å². The number of hydrogen-bond acceptors (Lipinski definition) is 5. The Balaban J connectivity index is 1.77. The predicted octanol–water partition coefficient (Wildman–Crippen LogP) is 3.80. The number of amides is 1. The van der Waals surface area contributed by atoms with Crippen LogP contribution in [0.2, 0.25) is 0 Å². The fourth-order valence-electron chi connectivity index (χ4n) is 3.51. The van der Waals surface area contributed by atoms with E-state index in [1.54, 1.807) is 12.1 Å². The number of anilines is 1. The molecule has 158 valence electrons. The smallest absolute Gasteiger partial charge is 0.323 e.